The number of aromatic nitrogens is 5. The van der Waals surface area contributed by atoms with Crippen LogP contribution in [0.5, 0.6) is 5.75 Å². The molecule has 1 aromatic carbocycles. The van der Waals surface area contributed by atoms with E-state index >= 15 is 0 Å². The fourth-order valence-corrected chi connectivity index (χ4v) is 4.47. The van der Waals surface area contributed by atoms with Gasteiger partial charge >= 0.3 is 0 Å². The third-order valence-corrected chi connectivity index (χ3v) is 6.33. The van der Waals surface area contributed by atoms with Crippen molar-refractivity contribution in [2.45, 2.75) is 19.4 Å². The predicted octanol–water partition coefficient (Wildman–Crippen LogP) is 4.60. The summed E-state index contributed by atoms with van der Waals surface area (Å²) in [6.45, 7) is 2.23. The van der Waals surface area contributed by atoms with Crippen LogP contribution in [0.4, 0.5) is 5.82 Å². The molecule has 9 nitrogen and oxygen atoms in total. The number of nitrogens with one attached hydrogen (secondary N) is 2. The Balaban J connectivity index is 1.31. The zero-order valence-electron chi connectivity index (χ0n) is 19.7. The standard InChI is InChI=1S/C27H25N7O2/c1-15-20-9-23(31-12-24(20)34-33-15)21-10-25(27(29)32-26(21)16-6-7-35-13-16)36-14-18(28)8-17-11-30-22-5-3-2-4-19(17)22/h2-7,9-13,18,30H,8,14,28H2,1H3,(H2,29,32)(H,33,34)/t18-/m1/s1. The van der Waals surface area contributed by atoms with Crippen LogP contribution >= 0.6 is 0 Å². The average molecular weight is 480 g/mol. The van der Waals surface area contributed by atoms with Gasteiger partial charge in [-0.15, -0.1) is 0 Å². The monoisotopic (exact) mass is 479 g/mol. The number of hydrogen-bond acceptors (Lipinski definition) is 7. The Morgan fingerprint density at radius 1 is 1.11 bits per heavy atom. The van der Waals surface area contributed by atoms with E-state index in [1.54, 1.807) is 18.7 Å². The van der Waals surface area contributed by atoms with Gasteiger partial charge in [0.25, 0.3) is 0 Å². The number of para-hydroxylation sites is 1. The van der Waals surface area contributed by atoms with Crippen LogP contribution in [0.25, 0.3) is 44.3 Å². The lowest BCUT2D eigenvalue weighted by atomic mass is 10.0. The van der Waals surface area contributed by atoms with Crippen LogP contribution in [-0.4, -0.2) is 37.8 Å². The molecule has 1 atom stereocenters. The first kappa shape index (κ1) is 21.9. The van der Waals surface area contributed by atoms with Crippen LogP contribution in [0.15, 0.2) is 71.8 Å². The van der Waals surface area contributed by atoms with Crippen molar-refractivity contribution in [1.82, 2.24) is 25.1 Å². The van der Waals surface area contributed by atoms with Gasteiger partial charge in [0, 0.05) is 39.7 Å². The van der Waals surface area contributed by atoms with E-state index in [0.29, 0.717) is 17.9 Å². The maximum atomic E-state index is 6.44. The summed E-state index contributed by atoms with van der Waals surface area (Å²) in [5.74, 6) is 0.729. The van der Waals surface area contributed by atoms with E-state index in [1.165, 1.54) is 0 Å². The molecule has 6 N–H and O–H groups in total. The molecule has 0 fully saturated rings. The number of ether oxygens (including phenoxy) is 1. The van der Waals surface area contributed by atoms with Gasteiger partial charge in [-0.25, -0.2) is 4.98 Å². The number of furan rings is 1. The maximum absolute atomic E-state index is 6.44. The van der Waals surface area contributed by atoms with Crippen molar-refractivity contribution in [3.8, 4) is 28.3 Å². The number of nitrogens with two attached hydrogens (primary N) is 2. The summed E-state index contributed by atoms with van der Waals surface area (Å²) in [5, 5.41) is 9.41. The van der Waals surface area contributed by atoms with Crippen LogP contribution in [0.3, 0.4) is 0 Å². The lowest BCUT2D eigenvalue weighted by molar-refractivity contribution is 0.288. The van der Waals surface area contributed by atoms with Crippen molar-refractivity contribution >= 4 is 27.6 Å². The van der Waals surface area contributed by atoms with Crippen molar-refractivity contribution in [3.05, 3.63) is 78.6 Å². The molecule has 0 unspecified atom stereocenters. The Labute approximate surface area is 206 Å². The van der Waals surface area contributed by atoms with Crippen molar-refractivity contribution in [2.75, 3.05) is 12.3 Å². The first-order valence-corrected chi connectivity index (χ1v) is 11.6. The van der Waals surface area contributed by atoms with Gasteiger partial charge in [-0.2, -0.15) is 5.10 Å². The summed E-state index contributed by atoms with van der Waals surface area (Å²) in [7, 11) is 0. The number of nitrogen functional groups attached to an aromatic ring is 1. The van der Waals surface area contributed by atoms with Gasteiger partial charge in [-0.3, -0.25) is 10.1 Å². The SMILES string of the molecule is Cc1n[nH]c2cnc(-c3cc(OC[C@H](N)Cc4c[nH]c5ccccc45)c(N)nc3-c3ccoc3)cc12. The maximum Gasteiger partial charge on any atom is 0.166 e. The highest BCUT2D eigenvalue weighted by Gasteiger charge is 2.18. The molecule has 0 bridgehead atoms. The van der Waals surface area contributed by atoms with Gasteiger partial charge in [-0.1, -0.05) is 18.2 Å². The molecular formula is C27H25N7O2. The molecule has 6 rings (SSSR count). The minimum absolute atomic E-state index is 0.233. The topological polar surface area (TPSA) is 145 Å². The van der Waals surface area contributed by atoms with E-state index in [9.17, 15) is 0 Å². The molecule has 0 aliphatic heterocycles. The number of aryl methyl sites for hydroxylation is 1. The predicted molar refractivity (Wildman–Crippen MR) is 139 cm³/mol. The van der Waals surface area contributed by atoms with E-state index in [-0.39, 0.29) is 18.5 Å². The Bertz CT molecular complexity index is 1670. The second-order valence-electron chi connectivity index (χ2n) is 8.84. The number of rotatable bonds is 7. The molecule has 0 aliphatic carbocycles. The second kappa shape index (κ2) is 8.86. The summed E-state index contributed by atoms with van der Waals surface area (Å²) >= 11 is 0. The van der Waals surface area contributed by atoms with Crippen molar-refractivity contribution in [1.29, 1.82) is 0 Å². The first-order valence-electron chi connectivity index (χ1n) is 11.6. The molecular weight excluding hydrogens is 454 g/mol. The van der Waals surface area contributed by atoms with Crippen LogP contribution < -0.4 is 16.2 Å². The molecule has 9 heteroatoms. The van der Waals surface area contributed by atoms with Gasteiger partial charge in [-0.05, 0) is 43.2 Å². The molecule has 0 spiro atoms. The van der Waals surface area contributed by atoms with Crippen molar-refractivity contribution in [2.24, 2.45) is 5.73 Å². The fourth-order valence-electron chi connectivity index (χ4n) is 4.47. The Morgan fingerprint density at radius 2 is 2.00 bits per heavy atom. The zero-order valence-corrected chi connectivity index (χ0v) is 19.7. The van der Waals surface area contributed by atoms with E-state index in [1.807, 2.05) is 49.5 Å². The van der Waals surface area contributed by atoms with Gasteiger partial charge < -0.3 is 25.6 Å². The van der Waals surface area contributed by atoms with E-state index in [2.05, 4.69) is 31.2 Å². The smallest absolute Gasteiger partial charge is 0.166 e. The van der Waals surface area contributed by atoms with Gasteiger partial charge in [0.2, 0.25) is 0 Å². The normalized spacial score (nSPS) is 12.4. The highest BCUT2D eigenvalue weighted by molar-refractivity contribution is 5.88. The van der Waals surface area contributed by atoms with E-state index < -0.39 is 0 Å². The number of nitrogens with zero attached hydrogens (tertiary/aromatic N) is 3. The van der Waals surface area contributed by atoms with Crippen LogP contribution in [0, 0.1) is 6.92 Å². The van der Waals surface area contributed by atoms with Crippen LogP contribution in [0.2, 0.25) is 0 Å². The molecule has 6 aromatic rings. The number of H-pyrrole nitrogens is 2. The second-order valence-corrected chi connectivity index (χ2v) is 8.84. The average Bonchev–Trinajstić information content (AvgIpc) is 3.64. The number of fused-ring (bicyclic) bond motifs is 2. The zero-order chi connectivity index (χ0) is 24.6. The molecule has 0 radical (unpaired) electrons. The molecule has 180 valence electrons. The highest BCUT2D eigenvalue weighted by Crippen LogP contribution is 2.36. The minimum atomic E-state index is -0.233. The van der Waals surface area contributed by atoms with Crippen LogP contribution in [-0.2, 0) is 6.42 Å². The molecule has 0 saturated heterocycles. The molecule has 5 heterocycles. The lowest BCUT2D eigenvalue weighted by Crippen LogP contribution is -2.30. The Morgan fingerprint density at radius 3 is 2.86 bits per heavy atom. The summed E-state index contributed by atoms with van der Waals surface area (Å²) in [6.07, 6.45) is 7.65. The first-order chi connectivity index (χ1) is 17.6. The van der Waals surface area contributed by atoms with Crippen LogP contribution in [0.1, 0.15) is 11.3 Å². The largest absolute Gasteiger partial charge is 0.488 e. The number of anilines is 1. The van der Waals surface area contributed by atoms with Gasteiger partial charge in [0.15, 0.2) is 11.6 Å². The summed E-state index contributed by atoms with van der Waals surface area (Å²) < 4.78 is 11.4. The molecule has 0 amide bonds. The van der Waals surface area contributed by atoms with Gasteiger partial charge in [0.1, 0.15) is 6.61 Å². The molecule has 5 aromatic heterocycles. The molecule has 36 heavy (non-hydrogen) atoms. The van der Waals surface area contributed by atoms with E-state index in [0.717, 1.165) is 49.9 Å². The van der Waals surface area contributed by atoms with Gasteiger partial charge in [0.05, 0.1) is 41.3 Å². The summed E-state index contributed by atoms with van der Waals surface area (Å²) in [5.41, 5.74) is 19.7. The lowest BCUT2D eigenvalue weighted by Gasteiger charge is -2.16. The highest BCUT2D eigenvalue weighted by atomic mass is 16.5. The quantitative estimate of drug-likeness (QED) is 0.262. The summed E-state index contributed by atoms with van der Waals surface area (Å²) in [6, 6.07) is 13.6. The number of hydrogen-bond donors (Lipinski definition) is 4. The Hall–Kier alpha value is -4.63. The summed E-state index contributed by atoms with van der Waals surface area (Å²) in [4.78, 5) is 12.6. The molecule has 0 saturated carbocycles. The third kappa shape index (κ3) is 3.95. The fraction of sp³-hybridized carbons (Fsp3) is 0.148. The van der Waals surface area contributed by atoms with E-state index in [4.69, 9.17) is 20.6 Å². The molecule has 0 aliphatic rings. The van der Waals surface area contributed by atoms with Crippen molar-refractivity contribution < 1.29 is 9.15 Å². The van der Waals surface area contributed by atoms with Crippen molar-refractivity contribution in [3.63, 3.8) is 0 Å². The third-order valence-electron chi connectivity index (χ3n) is 6.33. The Kier molecular flexibility index (Phi) is 5.38. The number of pyridine rings is 2. The minimum Gasteiger partial charge on any atom is -0.488 e. The number of benzene rings is 1. The number of aromatic amines is 2.